The van der Waals surface area contributed by atoms with Gasteiger partial charge < -0.3 is 5.11 Å². The summed E-state index contributed by atoms with van der Waals surface area (Å²) in [5.74, 6) is 2.14. The Hall–Kier alpha value is -0.970. The minimum Gasteiger partial charge on any atom is -0.481 e. The molecule has 2 saturated carbocycles. The predicted molar refractivity (Wildman–Crippen MR) is 44.4 cm³/mol. The average molecular weight is 164 g/mol. The highest BCUT2D eigenvalue weighted by molar-refractivity contribution is 5.76. The third-order valence-corrected chi connectivity index (χ3v) is 3.60. The zero-order chi connectivity index (χ0) is 8.82. The van der Waals surface area contributed by atoms with E-state index in [1.54, 1.807) is 0 Å². The summed E-state index contributed by atoms with van der Waals surface area (Å²) >= 11 is 0. The summed E-state index contributed by atoms with van der Waals surface area (Å²) in [4.78, 5) is 11.0. The molecule has 0 radical (unpaired) electrons. The van der Waals surface area contributed by atoms with Gasteiger partial charge >= 0.3 is 5.97 Å². The van der Waals surface area contributed by atoms with Crippen LogP contribution in [-0.4, -0.2) is 11.1 Å². The van der Waals surface area contributed by atoms with Crippen molar-refractivity contribution in [2.75, 3.05) is 0 Å². The number of rotatable bonds is 1. The van der Waals surface area contributed by atoms with Gasteiger partial charge in [0.25, 0.3) is 0 Å². The molecule has 2 aliphatic rings. The van der Waals surface area contributed by atoms with Crippen molar-refractivity contribution in [3.63, 3.8) is 0 Å². The van der Waals surface area contributed by atoms with E-state index >= 15 is 0 Å². The molecule has 0 unspecified atom stereocenters. The van der Waals surface area contributed by atoms with Crippen LogP contribution in [0.5, 0.6) is 0 Å². The minimum absolute atomic E-state index is 0.0572. The minimum atomic E-state index is -0.642. The van der Waals surface area contributed by atoms with Crippen LogP contribution in [0.1, 0.15) is 32.1 Å². The molecule has 2 nitrogen and oxygen atoms in total. The van der Waals surface area contributed by atoms with Gasteiger partial charge in [-0.1, -0.05) is 5.92 Å². The van der Waals surface area contributed by atoms with E-state index in [-0.39, 0.29) is 5.41 Å². The van der Waals surface area contributed by atoms with Gasteiger partial charge in [-0.3, -0.25) is 4.79 Å². The Morgan fingerprint density at radius 1 is 1.33 bits per heavy atom. The molecule has 0 aromatic rings. The first-order chi connectivity index (χ1) is 5.63. The van der Waals surface area contributed by atoms with Gasteiger partial charge in [0.2, 0.25) is 0 Å². The molecule has 0 spiro atoms. The van der Waals surface area contributed by atoms with E-state index in [4.69, 9.17) is 11.5 Å². The Morgan fingerprint density at radius 2 is 1.92 bits per heavy atom. The van der Waals surface area contributed by atoms with E-state index in [0.717, 1.165) is 25.7 Å². The molecule has 1 N–H and O–H groups in total. The summed E-state index contributed by atoms with van der Waals surface area (Å²) in [5.41, 5.74) is -0.509. The second kappa shape index (κ2) is 2.04. The summed E-state index contributed by atoms with van der Waals surface area (Å²) in [6.45, 7) is 0. The molecular formula is C10H12O2. The van der Waals surface area contributed by atoms with Crippen LogP contribution < -0.4 is 0 Å². The van der Waals surface area contributed by atoms with E-state index < -0.39 is 11.4 Å². The van der Waals surface area contributed by atoms with Gasteiger partial charge in [-0.05, 0) is 32.1 Å². The highest BCUT2D eigenvalue weighted by Crippen LogP contribution is 2.61. The lowest BCUT2D eigenvalue weighted by Gasteiger charge is -2.21. The second-order valence-corrected chi connectivity index (χ2v) is 4.19. The quantitative estimate of drug-likeness (QED) is 0.598. The second-order valence-electron chi connectivity index (χ2n) is 4.19. The van der Waals surface area contributed by atoms with Gasteiger partial charge in [0.15, 0.2) is 0 Å². The molecule has 2 rings (SSSR count). The van der Waals surface area contributed by atoms with Crippen molar-refractivity contribution < 1.29 is 9.90 Å². The summed E-state index contributed by atoms with van der Waals surface area (Å²) in [6.07, 6.45) is 9.53. The molecule has 0 atom stereocenters. The molecule has 2 aliphatic carbocycles. The summed E-state index contributed by atoms with van der Waals surface area (Å²) in [5, 5.41) is 9.03. The molecule has 0 heterocycles. The van der Waals surface area contributed by atoms with E-state index in [1.165, 1.54) is 0 Å². The molecule has 2 bridgehead atoms. The van der Waals surface area contributed by atoms with Crippen LogP contribution in [0, 0.1) is 23.2 Å². The van der Waals surface area contributed by atoms with Crippen molar-refractivity contribution in [3.05, 3.63) is 0 Å². The van der Waals surface area contributed by atoms with Gasteiger partial charge in [0, 0.05) is 5.41 Å². The highest BCUT2D eigenvalue weighted by atomic mass is 16.4. The fourth-order valence-electron chi connectivity index (χ4n) is 2.69. The summed E-state index contributed by atoms with van der Waals surface area (Å²) < 4.78 is 0. The van der Waals surface area contributed by atoms with Crippen molar-refractivity contribution in [1.29, 1.82) is 0 Å². The average Bonchev–Trinajstić information content (AvgIpc) is 2.61. The van der Waals surface area contributed by atoms with Gasteiger partial charge in [-0.2, -0.15) is 0 Å². The van der Waals surface area contributed by atoms with Crippen molar-refractivity contribution in [2.45, 2.75) is 32.1 Å². The first-order valence-corrected chi connectivity index (χ1v) is 4.34. The monoisotopic (exact) mass is 164 g/mol. The molecule has 64 valence electrons. The maximum atomic E-state index is 11.0. The molecule has 2 heteroatoms. The number of fused-ring (bicyclic) bond motifs is 2. The van der Waals surface area contributed by atoms with Crippen molar-refractivity contribution in [2.24, 2.45) is 10.8 Å². The molecule has 0 aromatic carbocycles. The maximum absolute atomic E-state index is 11.0. The van der Waals surface area contributed by atoms with Gasteiger partial charge in [0.1, 0.15) is 0 Å². The van der Waals surface area contributed by atoms with Crippen LogP contribution in [0.3, 0.4) is 0 Å². The Balaban J connectivity index is 2.30. The topological polar surface area (TPSA) is 37.3 Å². The van der Waals surface area contributed by atoms with Gasteiger partial charge in [0.05, 0.1) is 5.41 Å². The van der Waals surface area contributed by atoms with Crippen LogP contribution >= 0.6 is 0 Å². The van der Waals surface area contributed by atoms with Crippen molar-refractivity contribution >= 4 is 5.97 Å². The zero-order valence-electron chi connectivity index (χ0n) is 6.97. The highest BCUT2D eigenvalue weighted by Gasteiger charge is 2.57. The number of terminal acetylenes is 1. The standard InChI is InChI=1S/C10H12O2/c1-2-9-3-5-10(7-9,6-4-9)8(11)12/h1H,3-7H2,(H,11,12). The molecule has 0 aromatic heterocycles. The normalized spacial score (nSPS) is 44.2. The van der Waals surface area contributed by atoms with Crippen LogP contribution in [0.25, 0.3) is 0 Å². The number of hydrogen-bond acceptors (Lipinski definition) is 1. The lowest BCUT2D eigenvalue weighted by atomic mass is 9.82. The number of carboxylic acid groups (broad SMARTS) is 1. The van der Waals surface area contributed by atoms with E-state index in [0.29, 0.717) is 6.42 Å². The van der Waals surface area contributed by atoms with Gasteiger partial charge in [-0.25, -0.2) is 0 Å². The fraction of sp³-hybridized carbons (Fsp3) is 0.700. The van der Waals surface area contributed by atoms with Crippen LogP contribution in [0.4, 0.5) is 0 Å². The predicted octanol–water partition coefficient (Wildman–Crippen LogP) is 1.65. The summed E-state index contributed by atoms with van der Waals surface area (Å²) in [7, 11) is 0. The number of aliphatic carboxylic acids is 1. The maximum Gasteiger partial charge on any atom is 0.309 e. The SMILES string of the molecule is C#CC12CCC(C(=O)O)(CC1)C2. The fourth-order valence-corrected chi connectivity index (χ4v) is 2.69. The molecule has 0 saturated heterocycles. The van der Waals surface area contributed by atoms with Gasteiger partial charge in [-0.15, -0.1) is 6.42 Å². The van der Waals surface area contributed by atoms with E-state index in [1.807, 2.05) is 0 Å². The largest absolute Gasteiger partial charge is 0.481 e. The number of carbonyl (C=O) groups is 1. The van der Waals surface area contributed by atoms with Crippen LogP contribution in [0.15, 0.2) is 0 Å². The Labute approximate surface area is 72.0 Å². The molecule has 2 fully saturated rings. The molecule has 12 heavy (non-hydrogen) atoms. The first-order valence-electron chi connectivity index (χ1n) is 4.34. The molecule has 0 aliphatic heterocycles. The lowest BCUT2D eigenvalue weighted by Crippen LogP contribution is -2.25. The molecular weight excluding hydrogens is 152 g/mol. The van der Waals surface area contributed by atoms with Crippen LogP contribution in [0.2, 0.25) is 0 Å². The van der Waals surface area contributed by atoms with Crippen LogP contribution in [-0.2, 0) is 4.79 Å². The zero-order valence-corrected chi connectivity index (χ0v) is 6.97. The Morgan fingerprint density at radius 3 is 2.17 bits per heavy atom. The number of hydrogen-bond donors (Lipinski definition) is 1. The Bertz CT molecular complexity index is 264. The first kappa shape index (κ1) is 7.67. The third kappa shape index (κ3) is 0.741. The summed E-state index contributed by atoms with van der Waals surface area (Å²) in [6, 6.07) is 0. The smallest absolute Gasteiger partial charge is 0.309 e. The number of carboxylic acids is 1. The van der Waals surface area contributed by atoms with Crippen molar-refractivity contribution in [3.8, 4) is 12.3 Å². The molecule has 0 amide bonds. The lowest BCUT2D eigenvalue weighted by molar-refractivity contribution is -0.148. The van der Waals surface area contributed by atoms with E-state index in [2.05, 4.69) is 5.92 Å². The Kier molecular flexibility index (Phi) is 1.30. The van der Waals surface area contributed by atoms with E-state index in [9.17, 15) is 4.79 Å². The third-order valence-electron chi connectivity index (χ3n) is 3.60. The van der Waals surface area contributed by atoms with Crippen molar-refractivity contribution in [1.82, 2.24) is 0 Å².